The number of carbonyl (C=O) groups excluding carboxylic acids is 1. The van der Waals surface area contributed by atoms with Crippen molar-refractivity contribution in [2.75, 3.05) is 13.7 Å². The lowest BCUT2D eigenvalue weighted by molar-refractivity contribution is -0.140. The van der Waals surface area contributed by atoms with E-state index in [4.69, 9.17) is 9.15 Å². The number of aromatic nitrogens is 1. The lowest BCUT2D eigenvalue weighted by Crippen LogP contribution is -2.03. The number of aryl methyl sites for hydroxylation is 2. The van der Waals surface area contributed by atoms with Crippen LogP contribution in [0.15, 0.2) is 59.0 Å². The SMILES string of the molecule is COC(=O)CCCCCc1cccc(OCCc2nc(-c3ccccc3)oc2C)c1. The number of hydrogen-bond acceptors (Lipinski definition) is 5. The number of carbonyl (C=O) groups is 1. The second kappa shape index (κ2) is 11.2. The molecule has 0 bridgehead atoms. The summed E-state index contributed by atoms with van der Waals surface area (Å²) >= 11 is 0. The fraction of sp³-hybridized carbons (Fsp3) is 0.360. The zero-order valence-electron chi connectivity index (χ0n) is 17.7. The number of rotatable bonds is 11. The van der Waals surface area contributed by atoms with Crippen LogP contribution >= 0.6 is 0 Å². The third-order valence-electron chi connectivity index (χ3n) is 4.99. The van der Waals surface area contributed by atoms with Gasteiger partial charge in [0, 0.05) is 18.4 Å². The lowest BCUT2D eigenvalue weighted by Gasteiger charge is -2.08. The monoisotopic (exact) mass is 407 g/mol. The Balaban J connectivity index is 1.45. The van der Waals surface area contributed by atoms with E-state index >= 15 is 0 Å². The fourth-order valence-electron chi connectivity index (χ4n) is 3.30. The molecule has 0 aliphatic carbocycles. The summed E-state index contributed by atoms with van der Waals surface area (Å²) in [5, 5.41) is 0. The van der Waals surface area contributed by atoms with E-state index in [0.717, 1.165) is 48.5 Å². The Labute approximate surface area is 178 Å². The van der Waals surface area contributed by atoms with E-state index in [-0.39, 0.29) is 5.97 Å². The number of esters is 1. The van der Waals surface area contributed by atoms with Crippen molar-refractivity contribution in [1.29, 1.82) is 0 Å². The molecule has 158 valence electrons. The molecule has 0 saturated carbocycles. The van der Waals surface area contributed by atoms with Crippen LogP contribution in [0.25, 0.3) is 11.5 Å². The molecule has 5 heteroatoms. The molecule has 1 aromatic heterocycles. The minimum Gasteiger partial charge on any atom is -0.493 e. The van der Waals surface area contributed by atoms with Crippen molar-refractivity contribution in [3.63, 3.8) is 0 Å². The Bertz CT molecular complexity index is 933. The summed E-state index contributed by atoms with van der Waals surface area (Å²) in [4.78, 5) is 15.8. The first kappa shape index (κ1) is 21.6. The Hall–Kier alpha value is -3.08. The van der Waals surface area contributed by atoms with Gasteiger partial charge in [-0.05, 0) is 56.0 Å². The number of ether oxygens (including phenoxy) is 2. The molecule has 0 aliphatic rings. The molecule has 0 N–H and O–H groups in total. The highest BCUT2D eigenvalue weighted by atomic mass is 16.5. The van der Waals surface area contributed by atoms with E-state index in [1.165, 1.54) is 12.7 Å². The Morgan fingerprint density at radius 3 is 2.63 bits per heavy atom. The van der Waals surface area contributed by atoms with Gasteiger partial charge in [0.2, 0.25) is 5.89 Å². The summed E-state index contributed by atoms with van der Waals surface area (Å²) < 4.78 is 16.4. The third-order valence-corrected chi connectivity index (χ3v) is 4.99. The van der Waals surface area contributed by atoms with Crippen LogP contribution in [0.1, 0.15) is 42.7 Å². The zero-order valence-corrected chi connectivity index (χ0v) is 17.7. The first-order chi connectivity index (χ1) is 14.7. The molecule has 5 nitrogen and oxygen atoms in total. The van der Waals surface area contributed by atoms with Crippen molar-refractivity contribution >= 4 is 5.97 Å². The highest BCUT2D eigenvalue weighted by Crippen LogP contribution is 2.22. The largest absolute Gasteiger partial charge is 0.493 e. The van der Waals surface area contributed by atoms with Gasteiger partial charge in [0.15, 0.2) is 0 Å². The van der Waals surface area contributed by atoms with E-state index in [1.807, 2.05) is 49.4 Å². The number of oxazole rings is 1. The maximum Gasteiger partial charge on any atom is 0.305 e. The normalized spacial score (nSPS) is 10.7. The zero-order chi connectivity index (χ0) is 21.2. The minimum atomic E-state index is -0.136. The predicted molar refractivity (Wildman–Crippen MR) is 117 cm³/mol. The molecule has 0 radical (unpaired) electrons. The van der Waals surface area contributed by atoms with Gasteiger partial charge in [0.1, 0.15) is 11.5 Å². The maximum atomic E-state index is 11.1. The smallest absolute Gasteiger partial charge is 0.305 e. The van der Waals surface area contributed by atoms with Gasteiger partial charge >= 0.3 is 5.97 Å². The van der Waals surface area contributed by atoms with E-state index < -0.39 is 0 Å². The molecule has 0 saturated heterocycles. The molecule has 2 aromatic carbocycles. The fourth-order valence-corrected chi connectivity index (χ4v) is 3.30. The van der Waals surface area contributed by atoms with Crippen molar-refractivity contribution < 1.29 is 18.7 Å². The molecule has 0 spiro atoms. The number of nitrogens with zero attached hydrogens (tertiary/aromatic N) is 1. The van der Waals surface area contributed by atoms with Crippen LogP contribution in [0.3, 0.4) is 0 Å². The second-order valence-electron chi connectivity index (χ2n) is 7.27. The molecule has 0 amide bonds. The molecular weight excluding hydrogens is 378 g/mol. The van der Waals surface area contributed by atoms with Crippen LogP contribution in [0.5, 0.6) is 5.75 Å². The number of unbranched alkanes of at least 4 members (excludes halogenated alkanes) is 2. The van der Waals surface area contributed by atoms with Gasteiger partial charge in [-0.2, -0.15) is 0 Å². The molecule has 3 aromatic rings. The Morgan fingerprint density at radius 1 is 1.00 bits per heavy atom. The summed E-state index contributed by atoms with van der Waals surface area (Å²) in [6.07, 6.45) is 5.08. The van der Waals surface area contributed by atoms with Gasteiger partial charge in [-0.15, -0.1) is 0 Å². The van der Waals surface area contributed by atoms with Crippen LogP contribution in [0, 0.1) is 6.92 Å². The van der Waals surface area contributed by atoms with Crippen LogP contribution < -0.4 is 4.74 Å². The first-order valence-corrected chi connectivity index (χ1v) is 10.5. The van der Waals surface area contributed by atoms with Gasteiger partial charge in [-0.1, -0.05) is 36.8 Å². The highest BCUT2D eigenvalue weighted by molar-refractivity contribution is 5.68. The number of benzene rings is 2. The Morgan fingerprint density at radius 2 is 1.83 bits per heavy atom. The van der Waals surface area contributed by atoms with Gasteiger partial charge in [0.25, 0.3) is 0 Å². The molecule has 0 aliphatic heterocycles. The summed E-state index contributed by atoms with van der Waals surface area (Å²) in [7, 11) is 1.43. The summed E-state index contributed by atoms with van der Waals surface area (Å²) in [5.41, 5.74) is 3.15. The van der Waals surface area contributed by atoms with Crippen LogP contribution in [-0.2, 0) is 22.4 Å². The second-order valence-corrected chi connectivity index (χ2v) is 7.27. The number of methoxy groups -OCH3 is 1. The van der Waals surface area contributed by atoms with Crippen molar-refractivity contribution in [2.45, 2.75) is 45.4 Å². The van der Waals surface area contributed by atoms with E-state index in [2.05, 4.69) is 21.9 Å². The summed E-state index contributed by atoms with van der Waals surface area (Å²) in [6.45, 7) is 2.49. The van der Waals surface area contributed by atoms with E-state index in [1.54, 1.807) is 0 Å². The number of hydrogen-bond donors (Lipinski definition) is 0. The quantitative estimate of drug-likeness (QED) is 0.308. The third kappa shape index (κ3) is 6.48. The van der Waals surface area contributed by atoms with Crippen molar-refractivity contribution in [1.82, 2.24) is 4.98 Å². The molecule has 0 unspecified atom stereocenters. The summed E-state index contributed by atoms with van der Waals surface area (Å²) in [5.74, 6) is 2.21. The maximum absolute atomic E-state index is 11.1. The van der Waals surface area contributed by atoms with Gasteiger partial charge < -0.3 is 13.9 Å². The summed E-state index contributed by atoms with van der Waals surface area (Å²) in [6, 6.07) is 18.1. The van der Waals surface area contributed by atoms with Crippen molar-refractivity contribution in [3.8, 4) is 17.2 Å². The van der Waals surface area contributed by atoms with Gasteiger partial charge in [0.05, 0.1) is 19.4 Å². The first-order valence-electron chi connectivity index (χ1n) is 10.5. The lowest BCUT2D eigenvalue weighted by atomic mass is 10.1. The Kier molecular flexibility index (Phi) is 8.07. The van der Waals surface area contributed by atoms with Gasteiger partial charge in [-0.3, -0.25) is 4.79 Å². The molecule has 30 heavy (non-hydrogen) atoms. The van der Waals surface area contributed by atoms with Gasteiger partial charge in [-0.25, -0.2) is 4.98 Å². The van der Waals surface area contributed by atoms with Crippen LogP contribution in [0.2, 0.25) is 0 Å². The minimum absolute atomic E-state index is 0.136. The van der Waals surface area contributed by atoms with E-state index in [9.17, 15) is 4.79 Å². The topological polar surface area (TPSA) is 61.6 Å². The average molecular weight is 408 g/mol. The molecular formula is C25H29NO4. The molecule has 1 heterocycles. The van der Waals surface area contributed by atoms with E-state index in [0.29, 0.717) is 25.3 Å². The molecule has 0 fully saturated rings. The molecule has 0 atom stereocenters. The average Bonchev–Trinajstić information content (AvgIpc) is 3.15. The van der Waals surface area contributed by atoms with Crippen LogP contribution in [0.4, 0.5) is 0 Å². The van der Waals surface area contributed by atoms with Crippen molar-refractivity contribution in [2.24, 2.45) is 0 Å². The van der Waals surface area contributed by atoms with Crippen LogP contribution in [-0.4, -0.2) is 24.7 Å². The van der Waals surface area contributed by atoms with Crippen molar-refractivity contribution in [3.05, 3.63) is 71.6 Å². The standard InChI is InChI=1S/C25H29NO4/c1-19-23(26-25(30-19)21-12-6-4-7-13-21)16-17-29-22-14-9-11-20(18-22)10-5-3-8-15-24(27)28-2/h4,6-7,9,11-14,18H,3,5,8,10,15-17H2,1-2H3. The highest BCUT2D eigenvalue weighted by Gasteiger charge is 2.11. The predicted octanol–water partition coefficient (Wildman–Crippen LogP) is 5.55. The molecule has 3 rings (SSSR count).